The molecule has 2 heterocycles. The number of nitrogens with zero attached hydrogens (tertiary/aromatic N) is 5. The molecule has 5 rings (SSSR count). The maximum absolute atomic E-state index is 5.87. The van der Waals surface area contributed by atoms with Gasteiger partial charge >= 0.3 is 0 Å². The summed E-state index contributed by atoms with van der Waals surface area (Å²) in [6.45, 7) is 4.05. The highest BCUT2D eigenvalue weighted by molar-refractivity contribution is 7.71. The Morgan fingerprint density at radius 2 is 1.96 bits per heavy atom. The molecule has 0 N–H and O–H groups in total. The summed E-state index contributed by atoms with van der Waals surface area (Å²) in [5.74, 6) is 1.04. The number of rotatable bonds is 5. The van der Waals surface area contributed by atoms with E-state index in [1.807, 2.05) is 4.68 Å². The van der Waals surface area contributed by atoms with Crippen molar-refractivity contribution in [1.82, 2.24) is 19.2 Å². The lowest BCUT2D eigenvalue weighted by Crippen LogP contribution is -2.38. The van der Waals surface area contributed by atoms with E-state index in [0.29, 0.717) is 12.1 Å². The fourth-order valence-corrected chi connectivity index (χ4v) is 4.96. The average Bonchev–Trinajstić information content (AvgIpc) is 3.52. The Hall–Kier alpha value is -1.70. The molecule has 1 saturated heterocycles. The van der Waals surface area contributed by atoms with Crippen molar-refractivity contribution in [3.8, 4) is 0 Å². The summed E-state index contributed by atoms with van der Waals surface area (Å²) in [5.41, 5.74) is 2.96. The second-order valence-corrected chi connectivity index (χ2v) is 8.65. The molecule has 0 radical (unpaired) electrons. The van der Waals surface area contributed by atoms with Crippen molar-refractivity contribution >= 4 is 18.2 Å². The van der Waals surface area contributed by atoms with Crippen LogP contribution in [0.15, 0.2) is 24.3 Å². The first-order valence-corrected chi connectivity index (χ1v) is 10.9. The number of ether oxygens (including phenoxy) is 1. The van der Waals surface area contributed by atoms with Crippen LogP contribution in [0.1, 0.15) is 48.9 Å². The zero-order valence-electron chi connectivity index (χ0n) is 16.6. The summed E-state index contributed by atoms with van der Waals surface area (Å²) in [5, 5.41) is 4.99. The molecule has 3 aliphatic rings. The topological polar surface area (TPSA) is 38.5 Å². The molecule has 7 heteroatoms. The lowest BCUT2D eigenvalue weighted by Gasteiger charge is -2.33. The van der Waals surface area contributed by atoms with E-state index in [-0.39, 0.29) is 0 Å². The lowest BCUT2D eigenvalue weighted by molar-refractivity contribution is 0.121. The number of morpholine rings is 1. The van der Waals surface area contributed by atoms with Gasteiger partial charge in [-0.05, 0) is 62.5 Å². The molecule has 0 spiro atoms. The minimum atomic E-state index is 0.435. The van der Waals surface area contributed by atoms with Crippen molar-refractivity contribution in [3.63, 3.8) is 0 Å². The largest absolute Gasteiger partial charge is 0.378 e. The molecule has 2 aromatic rings. The Morgan fingerprint density at radius 1 is 1.18 bits per heavy atom. The third-order valence-corrected chi connectivity index (χ3v) is 6.69. The number of hydrogen-bond acceptors (Lipinski definition) is 5. The smallest absolute Gasteiger partial charge is 0.226 e. The Labute approximate surface area is 171 Å². The van der Waals surface area contributed by atoms with Gasteiger partial charge in [-0.3, -0.25) is 9.47 Å². The number of hydrogen-bond donors (Lipinski definition) is 0. The van der Waals surface area contributed by atoms with Crippen molar-refractivity contribution in [1.29, 1.82) is 0 Å². The molecule has 150 valence electrons. The van der Waals surface area contributed by atoms with E-state index in [2.05, 4.69) is 45.7 Å². The third kappa shape index (κ3) is 3.40. The Kier molecular flexibility index (Phi) is 4.99. The summed E-state index contributed by atoms with van der Waals surface area (Å²) in [4.78, 5) is 4.76. The SMILES string of the molecule is CN(Cn1nc(N2CCOCC2)n(C2CC2)c1=S)[C@@H]1CCCc2ccccc21. The van der Waals surface area contributed by atoms with Crippen LogP contribution in [-0.4, -0.2) is 52.6 Å². The molecular formula is C21H29N5OS. The van der Waals surface area contributed by atoms with E-state index in [9.17, 15) is 0 Å². The van der Waals surface area contributed by atoms with Crippen molar-refractivity contribution in [2.24, 2.45) is 0 Å². The van der Waals surface area contributed by atoms with Gasteiger partial charge in [0, 0.05) is 25.2 Å². The van der Waals surface area contributed by atoms with Gasteiger partial charge in [0.25, 0.3) is 0 Å². The fourth-order valence-electron chi connectivity index (χ4n) is 4.63. The molecule has 2 aliphatic carbocycles. The van der Waals surface area contributed by atoms with Crippen LogP contribution in [0.5, 0.6) is 0 Å². The first-order valence-electron chi connectivity index (χ1n) is 10.5. The molecule has 0 bridgehead atoms. The Balaban J connectivity index is 1.42. The highest BCUT2D eigenvalue weighted by Gasteiger charge is 2.32. The van der Waals surface area contributed by atoms with Gasteiger partial charge in [-0.25, -0.2) is 4.68 Å². The monoisotopic (exact) mass is 399 g/mol. The summed E-state index contributed by atoms with van der Waals surface area (Å²) in [6, 6.07) is 9.85. The minimum absolute atomic E-state index is 0.435. The predicted molar refractivity (Wildman–Crippen MR) is 112 cm³/mol. The highest BCUT2D eigenvalue weighted by Crippen LogP contribution is 2.39. The van der Waals surface area contributed by atoms with Gasteiger partial charge in [-0.2, -0.15) is 0 Å². The second kappa shape index (κ2) is 7.61. The van der Waals surface area contributed by atoms with Gasteiger partial charge in [0.05, 0.1) is 19.9 Å². The molecule has 6 nitrogen and oxygen atoms in total. The summed E-state index contributed by atoms with van der Waals surface area (Å²) in [6.07, 6.45) is 6.05. The van der Waals surface area contributed by atoms with Crippen molar-refractivity contribution in [3.05, 3.63) is 40.2 Å². The average molecular weight is 400 g/mol. The third-order valence-electron chi connectivity index (χ3n) is 6.29. The van der Waals surface area contributed by atoms with Crippen LogP contribution >= 0.6 is 12.2 Å². The van der Waals surface area contributed by atoms with Crippen LogP contribution in [0.3, 0.4) is 0 Å². The van der Waals surface area contributed by atoms with Crippen LogP contribution in [-0.2, 0) is 17.8 Å². The fraction of sp³-hybridized carbons (Fsp3) is 0.619. The molecule has 0 unspecified atom stereocenters. The van der Waals surface area contributed by atoms with E-state index < -0.39 is 0 Å². The Bertz CT molecular complexity index is 896. The summed E-state index contributed by atoms with van der Waals surface area (Å²) < 4.78 is 10.7. The van der Waals surface area contributed by atoms with E-state index >= 15 is 0 Å². The van der Waals surface area contributed by atoms with E-state index in [0.717, 1.165) is 43.7 Å². The number of aromatic nitrogens is 3. The van der Waals surface area contributed by atoms with Gasteiger partial charge in [0.1, 0.15) is 0 Å². The van der Waals surface area contributed by atoms with E-state index in [1.54, 1.807) is 0 Å². The normalized spacial score (nSPS) is 22.5. The molecule has 1 aromatic carbocycles. The van der Waals surface area contributed by atoms with Crippen LogP contribution in [0, 0.1) is 4.77 Å². The van der Waals surface area contributed by atoms with Gasteiger partial charge in [0.15, 0.2) is 0 Å². The van der Waals surface area contributed by atoms with Crippen LogP contribution in [0.4, 0.5) is 5.95 Å². The van der Waals surface area contributed by atoms with E-state index in [4.69, 9.17) is 22.1 Å². The highest BCUT2D eigenvalue weighted by atomic mass is 32.1. The first-order chi connectivity index (χ1) is 13.7. The van der Waals surface area contributed by atoms with Crippen molar-refractivity contribution in [2.45, 2.75) is 50.9 Å². The van der Waals surface area contributed by atoms with Gasteiger partial charge in [-0.15, -0.1) is 5.10 Å². The standard InChI is InChI=1S/C21H29N5OS/c1-23(19-8-4-6-16-5-2-3-7-18(16)19)15-25-21(28)26(17-9-10-17)20(22-25)24-11-13-27-14-12-24/h2-3,5,7,17,19H,4,6,8-15H2,1H3/t19-/m1/s1. The van der Waals surface area contributed by atoms with Crippen LogP contribution in [0.2, 0.25) is 0 Å². The summed E-state index contributed by atoms with van der Waals surface area (Å²) in [7, 11) is 2.21. The molecular weight excluding hydrogens is 370 g/mol. The molecule has 1 atom stereocenters. The number of benzene rings is 1. The quantitative estimate of drug-likeness (QED) is 0.719. The zero-order valence-corrected chi connectivity index (χ0v) is 17.4. The number of fused-ring (bicyclic) bond motifs is 1. The van der Waals surface area contributed by atoms with E-state index in [1.165, 1.54) is 43.2 Å². The van der Waals surface area contributed by atoms with Crippen LogP contribution < -0.4 is 4.90 Å². The first kappa shape index (κ1) is 18.3. The molecule has 1 aliphatic heterocycles. The lowest BCUT2D eigenvalue weighted by atomic mass is 9.87. The van der Waals surface area contributed by atoms with Crippen molar-refractivity contribution in [2.75, 3.05) is 38.3 Å². The zero-order chi connectivity index (χ0) is 19.1. The van der Waals surface area contributed by atoms with Gasteiger partial charge < -0.3 is 9.64 Å². The predicted octanol–water partition coefficient (Wildman–Crippen LogP) is 3.55. The minimum Gasteiger partial charge on any atom is -0.378 e. The number of aryl methyl sites for hydroxylation is 1. The molecule has 28 heavy (non-hydrogen) atoms. The molecule has 1 saturated carbocycles. The summed E-state index contributed by atoms with van der Waals surface area (Å²) >= 11 is 5.87. The van der Waals surface area contributed by atoms with Gasteiger partial charge in [0.2, 0.25) is 10.7 Å². The van der Waals surface area contributed by atoms with Gasteiger partial charge in [-0.1, -0.05) is 24.3 Å². The number of anilines is 1. The molecule has 1 aromatic heterocycles. The Morgan fingerprint density at radius 3 is 2.75 bits per heavy atom. The molecule has 0 amide bonds. The maximum atomic E-state index is 5.87. The van der Waals surface area contributed by atoms with Crippen LogP contribution in [0.25, 0.3) is 0 Å². The second-order valence-electron chi connectivity index (χ2n) is 8.29. The maximum Gasteiger partial charge on any atom is 0.226 e. The molecule has 2 fully saturated rings. The van der Waals surface area contributed by atoms with Crippen molar-refractivity contribution < 1.29 is 4.74 Å².